The summed E-state index contributed by atoms with van der Waals surface area (Å²) in [6, 6.07) is 0. The molecule has 0 amide bonds. The van der Waals surface area contributed by atoms with Gasteiger partial charge in [0.15, 0.2) is 0 Å². The highest BCUT2D eigenvalue weighted by atomic mass is 16.3. The Balaban J connectivity index is 2.85. The van der Waals surface area contributed by atoms with E-state index >= 15 is 0 Å². The molecule has 0 spiro atoms. The van der Waals surface area contributed by atoms with Gasteiger partial charge in [-0.05, 0) is 31.6 Å². The molecule has 2 heteroatoms. The summed E-state index contributed by atoms with van der Waals surface area (Å²) in [5.41, 5.74) is 0.0727. The van der Waals surface area contributed by atoms with Gasteiger partial charge >= 0.3 is 0 Å². The summed E-state index contributed by atoms with van der Waals surface area (Å²) in [6.07, 6.45) is 3.67. The number of hydrogen-bond acceptors (Lipinski definition) is 2. The molecule has 0 aromatic carbocycles. The summed E-state index contributed by atoms with van der Waals surface area (Å²) < 4.78 is 0. The Kier molecular flexibility index (Phi) is 1.57. The minimum Gasteiger partial charge on any atom is -0.508 e. The van der Waals surface area contributed by atoms with Gasteiger partial charge < -0.3 is 10.2 Å². The second-order valence-corrected chi connectivity index (χ2v) is 3.03. The van der Waals surface area contributed by atoms with Crippen molar-refractivity contribution in [1.29, 1.82) is 0 Å². The van der Waals surface area contributed by atoms with Crippen LogP contribution in [-0.4, -0.2) is 15.8 Å². The maximum absolute atomic E-state index is 9.43. The molecule has 0 fully saturated rings. The van der Waals surface area contributed by atoms with Crippen molar-refractivity contribution in [1.82, 2.24) is 0 Å². The van der Waals surface area contributed by atoms with Crippen LogP contribution in [0.4, 0.5) is 0 Å². The zero-order valence-corrected chi connectivity index (χ0v) is 6.26. The van der Waals surface area contributed by atoms with Gasteiger partial charge in [-0.2, -0.15) is 0 Å². The molecule has 1 rings (SSSR count). The molecular weight excluding hydrogens is 128 g/mol. The van der Waals surface area contributed by atoms with Crippen molar-refractivity contribution in [3.05, 3.63) is 23.5 Å². The number of aliphatic hydroxyl groups is 2. The van der Waals surface area contributed by atoms with Crippen LogP contribution in [0.1, 0.15) is 20.3 Å². The van der Waals surface area contributed by atoms with Gasteiger partial charge in [0.1, 0.15) is 5.76 Å². The summed E-state index contributed by atoms with van der Waals surface area (Å²) in [7, 11) is 0. The number of allylic oxidation sites excluding steroid dienone is 1. The van der Waals surface area contributed by atoms with Crippen molar-refractivity contribution in [3.8, 4) is 0 Å². The Hall–Kier alpha value is -0.760. The largest absolute Gasteiger partial charge is 0.508 e. The van der Waals surface area contributed by atoms with Gasteiger partial charge in [-0.15, -0.1) is 0 Å². The molecule has 56 valence electrons. The van der Waals surface area contributed by atoms with E-state index in [0.29, 0.717) is 6.42 Å². The average Bonchev–Trinajstić information content (AvgIpc) is 1.79. The van der Waals surface area contributed by atoms with Gasteiger partial charge in [0.2, 0.25) is 0 Å². The third-order valence-electron chi connectivity index (χ3n) is 1.66. The van der Waals surface area contributed by atoms with Crippen LogP contribution in [0.25, 0.3) is 0 Å². The Morgan fingerprint density at radius 1 is 1.60 bits per heavy atom. The summed E-state index contributed by atoms with van der Waals surface area (Å²) in [5.74, 6) is 0.284. The standard InChI is InChI=1S/C8H12O2/c1-6-5-8(2,10)4-3-7(6)9/h3-4,9-10H,5H2,1-2H3. The maximum Gasteiger partial charge on any atom is 0.114 e. The lowest BCUT2D eigenvalue weighted by Crippen LogP contribution is -2.23. The summed E-state index contributed by atoms with van der Waals surface area (Å²) in [4.78, 5) is 0. The first-order valence-electron chi connectivity index (χ1n) is 3.32. The minimum atomic E-state index is -0.768. The lowest BCUT2D eigenvalue weighted by atomic mass is 9.92. The van der Waals surface area contributed by atoms with Gasteiger partial charge in [-0.25, -0.2) is 0 Å². The first-order valence-corrected chi connectivity index (χ1v) is 3.32. The van der Waals surface area contributed by atoms with Crippen molar-refractivity contribution >= 4 is 0 Å². The zero-order chi connectivity index (χ0) is 7.78. The van der Waals surface area contributed by atoms with Gasteiger partial charge in [0.05, 0.1) is 5.60 Å². The third kappa shape index (κ3) is 1.39. The molecule has 10 heavy (non-hydrogen) atoms. The maximum atomic E-state index is 9.43. The highest BCUT2D eigenvalue weighted by molar-refractivity contribution is 5.27. The summed E-state index contributed by atoms with van der Waals surface area (Å²) in [5, 5.41) is 18.5. The lowest BCUT2D eigenvalue weighted by molar-refractivity contribution is 0.108. The molecule has 0 aliphatic heterocycles. The van der Waals surface area contributed by atoms with Crippen LogP contribution < -0.4 is 0 Å². The SMILES string of the molecule is CC1=C(O)C=CC(C)(O)C1. The van der Waals surface area contributed by atoms with E-state index in [1.54, 1.807) is 19.1 Å². The van der Waals surface area contributed by atoms with Crippen LogP contribution in [0.15, 0.2) is 23.5 Å². The van der Waals surface area contributed by atoms with E-state index in [1.165, 1.54) is 0 Å². The Morgan fingerprint density at radius 3 is 2.60 bits per heavy atom. The van der Waals surface area contributed by atoms with E-state index in [0.717, 1.165) is 5.57 Å². The third-order valence-corrected chi connectivity index (χ3v) is 1.66. The fourth-order valence-electron chi connectivity index (χ4n) is 1.09. The van der Waals surface area contributed by atoms with Gasteiger partial charge in [0.25, 0.3) is 0 Å². The molecule has 0 saturated heterocycles. The van der Waals surface area contributed by atoms with E-state index in [2.05, 4.69) is 0 Å². The van der Waals surface area contributed by atoms with Gasteiger partial charge in [-0.1, -0.05) is 0 Å². The van der Waals surface area contributed by atoms with Crippen LogP contribution in [0, 0.1) is 0 Å². The van der Waals surface area contributed by atoms with E-state index in [1.807, 2.05) is 6.92 Å². The molecule has 0 saturated carbocycles. The van der Waals surface area contributed by atoms with E-state index in [-0.39, 0.29) is 5.76 Å². The monoisotopic (exact) mass is 140 g/mol. The second-order valence-electron chi connectivity index (χ2n) is 3.03. The second kappa shape index (κ2) is 2.13. The molecule has 1 unspecified atom stereocenters. The molecular formula is C8H12O2. The predicted molar refractivity (Wildman–Crippen MR) is 39.7 cm³/mol. The van der Waals surface area contributed by atoms with E-state index < -0.39 is 5.60 Å². The molecule has 0 heterocycles. The Bertz CT molecular complexity index is 199. The van der Waals surface area contributed by atoms with Crippen LogP contribution in [-0.2, 0) is 0 Å². The molecule has 1 aliphatic carbocycles. The van der Waals surface area contributed by atoms with Crippen LogP contribution >= 0.6 is 0 Å². The molecule has 1 aliphatic rings. The zero-order valence-electron chi connectivity index (χ0n) is 6.26. The van der Waals surface area contributed by atoms with Gasteiger partial charge in [0, 0.05) is 6.42 Å². The van der Waals surface area contributed by atoms with Crippen LogP contribution in [0.3, 0.4) is 0 Å². The Morgan fingerprint density at radius 2 is 2.20 bits per heavy atom. The van der Waals surface area contributed by atoms with Crippen LogP contribution in [0.2, 0.25) is 0 Å². The topological polar surface area (TPSA) is 40.5 Å². The fraction of sp³-hybridized carbons (Fsp3) is 0.500. The molecule has 0 aromatic rings. The Labute approximate surface area is 60.5 Å². The predicted octanol–water partition coefficient (Wildman–Crippen LogP) is 1.53. The number of aliphatic hydroxyl groups excluding tert-OH is 1. The van der Waals surface area contributed by atoms with Crippen molar-refractivity contribution in [2.24, 2.45) is 0 Å². The molecule has 0 bridgehead atoms. The molecule has 2 N–H and O–H groups in total. The summed E-state index contributed by atoms with van der Waals surface area (Å²) >= 11 is 0. The quantitative estimate of drug-likeness (QED) is 0.535. The van der Waals surface area contributed by atoms with Crippen molar-refractivity contribution in [3.63, 3.8) is 0 Å². The van der Waals surface area contributed by atoms with Gasteiger partial charge in [-0.3, -0.25) is 0 Å². The van der Waals surface area contributed by atoms with Crippen LogP contribution in [0.5, 0.6) is 0 Å². The highest BCUT2D eigenvalue weighted by Gasteiger charge is 2.21. The normalized spacial score (nSPS) is 33.1. The van der Waals surface area contributed by atoms with E-state index in [4.69, 9.17) is 5.11 Å². The molecule has 2 nitrogen and oxygen atoms in total. The molecule has 0 aromatic heterocycles. The molecule has 0 radical (unpaired) electrons. The first-order chi connectivity index (χ1) is 4.51. The number of rotatable bonds is 0. The number of hydrogen-bond donors (Lipinski definition) is 2. The smallest absolute Gasteiger partial charge is 0.114 e. The highest BCUT2D eigenvalue weighted by Crippen LogP contribution is 2.24. The van der Waals surface area contributed by atoms with Crippen molar-refractivity contribution < 1.29 is 10.2 Å². The summed E-state index contributed by atoms with van der Waals surface area (Å²) in [6.45, 7) is 3.53. The lowest BCUT2D eigenvalue weighted by Gasteiger charge is -2.22. The van der Waals surface area contributed by atoms with Crippen molar-refractivity contribution in [2.75, 3.05) is 0 Å². The van der Waals surface area contributed by atoms with Crippen molar-refractivity contribution in [2.45, 2.75) is 25.9 Å². The average molecular weight is 140 g/mol. The molecule has 1 atom stereocenters. The first kappa shape index (κ1) is 7.35. The van der Waals surface area contributed by atoms with E-state index in [9.17, 15) is 5.11 Å². The minimum absolute atomic E-state index is 0.284. The fourth-order valence-corrected chi connectivity index (χ4v) is 1.09.